The summed E-state index contributed by atoms with van der Waals surface area (Å²) in [5.74, 6) is 0. The van der Waals surface area contributed by atoms with Crippen molar-refractivity contribution >= 4 is 38.7 Å². The largest absolute Gasteiger partial charge is 0.356 e. The number of hydrogen-bond donors (Lipinski definition) is 1. The van der Waals surface area contributed by atoms with Crippen molar-refractivity contribution in [1.29, 1.82) is 0 Å². The summed E-state index contributed by atoms with van der Waals surface area (Å²) in [5.41, 5.74) is 2.24. The molecule has 0 aliphatic rings. The van der Waals surface area contributed by atoms with Crippen LogP contribution in [0.2, 0.25) is 0 Å². The van der Waals surface area contributed by atoms with Crippen molar-refractivity contribution in [2.45, 2.75) is 0 Å². The maximum atomic E-state index is 3.30. The van der Waals surface area contributed by atoms with Crippen LogP contribution >= 0.6 is 0 Å². The first-order valence-corrected chi connectivity index (χ1v) is 4.32. The molecule has 0 amide bonds. The predicted octanol–water partition coefficient (Wildman–Crippen LogP) is 2.51. The Labute approximate surface area is 104 Å². The summed E-state index contributed by atoms with van der Waals surface area (Å²) in [6.07, 6.45) is 0. The Hall–Kier alpha value is -0.838. The number of nitrogens with one attached hydrogen (secondary N) is 1. The van der Waals surface area contributed by atoms with Gasteiger partial charge >= 0.3 is 27.3 Å². The van der Waals surface area contributed by atoms with E-state index in [1.165, 1.54) is 0 Å². The molecular weight excluding hydrogens is 365 g/mol. The van der Waals surface area contributed by atoms with Crippen molar-refractivity contribution in [3.63, 3.8) is 0 Å². The van der Waals surface area contributed by atoms with Crippen LogP contribution in [0.5, 0.6) is 0 Å². The number of rotatable bonds is 2. The molecule has 14 heavy (non-hydrogen) atoms. The molecule has 1 nitrogen and oxygen atoms in total. The molecule has 0 aromatic heterocycles. The zero-order valence-corrected chi connectivity index (χ0v) is 13.5. The fourth-order valence-corrected chi connectivity index (χ4v) is 1.21. The van der Waals surface area contributed by atoms with Crippen LogP contribution in [0.1, 0.15) is 0 Å². The Morgan fingerprint density at radius 3 is 1.29 bits per heavy atom. The van der Waals surface area contributed by atoms with Gasteiger partial charge in [0.15, 0.2) is 0 Å². The molecule has 0 heterocycles. The minimum absolute atomic E-state index is 0. The summed E-state index contributed by atoms with van der Waals surface area (Å²) < 4.78 is 0. The Kier molecular flexibility index (Phi) is 4.66. The van der Waals surface area contributed by atoms with Gasteiger partial charge in [0.1, 0.15) is 0 Å². The predicted molar refractivity (Wildman–Crippen MR) is 64.7 cm³/mol. The third-order valence-corrected chi connectivity index (χ3v) is 1.84. The summed E-state index contributed by atoms with van der Waals surface area (Å²) >= 11 is 0. The van der Waals surface area contributed by atoms with Crippen LogP contribution in [-0.4, -0.2) is 27.3 Å². The van der Waals surface area contributed by atoms with Gasteiger partial charge in [-0.25, -0.2) is 0 Å². The van der Waals surface area contributed by atoms with E-state index in [1.54, 1.807) is 0 Å². The topological polar surface area (TPSA) is 12.0 Å². The van der Waals surface area contributed by atoms with Crippen LogP contribution in [0, 0.1) is 0 Å². The molecular formula is C12H13NPb. The van der Waals surface area contributed by atoms with Crippen LogP contribution < -0.4 is 5.32 Å². The fraction of sp³-hybridized carbons (Fsp3) is 0. The first-order chi connectivity index (χ1) is 6.45. The third kappa shape index (κ3) is 3.14. The number of anilines is 2. The third-order valence-electron chi connectivity index (χ3n) is 1.84. The molecule has 2 radical (unpaired) electrons. The van der Waals surface area contributed by atoms with Crippen LogP contribution in [0.3, 0.4) is 0 Å². The average molecular weight is 378 g/mol. The smallest absolute Gasteiger partial charge is 0.0384 e. The molecule has 2 aromatic rings. The van der Waals surface area contributed by atoms with Crippen molar-refractivity contribution in [1.82, 2.24) is 0 Å². The van der Waals surface area contributed by atoms with Crippen molar-refractivity contribution in [2.75, 3.05) is 5.32 Å². The molecule has 0 fully saturated rings. The first kappa shape index (κ1) is 11.2. The molecule has 0 unspecified atom stereocenters. The van der Waals surface area contributed by atoms with Gasteiger partial charge in [0.2, 0.25) is 0 Å². The molecule has 0 aliphatic heterocycles. The summed E-state index contributed by atoms with van der Waals surface area (Å²) in [5, 5.41) is 3.30. The average Bonchev–Trinajstić information content (AvgIpc) is 2.21. The maximum Gasteiger partial charge on any atom is 0.0384 e. The number of para-hydroxylation sites is 2. The summed E-state index contributed by atoms with van der Waals surface area (Å²) in [4.78, 5) is 0. The first-order valence-electron chi connectivity index (χ1n) is 4.32. The van der Waals surface area contributed by atoms with E-state index < -0.39 is 0 Å². The molecule has 0 spiro atoms. The Bertz CT molecular complexity index is 321. The minimum atomic E-state index is 0. The van der Waals surface area contributed by atoms with Gasteiger partial charge in [-0.1, -0.05) is 36.4 Å². The van der Waals surface area contributed by atoms with E-state index in [4.69, 9.17) is 0 Å². The quantitative estimate of drug-likeness (QED) is 0.792. The molecule has 1 N–H and O–H groups in total. The number of hydrogen-bond acceptors (Lipinski definition) is 1. The fourth-order valence-electron chi connectivity index (χ4n) is 1.21. The zero-order chi connectivity index (χ0) is 8.93. The minimum Gasteiger partial charge on any atom is -0.356 e. The summed E-state index contributed by atoms with van der Waals surface area (Å²) in [6.45, 7) is 0. The van der Waals surface area contributed by atoms with Gasteiger partial charge in [-0.15, -0.1) is 0 Å². The second-order valence-corrected chi connectivity index (χ2v) is 2.86. The van der Waals surface area contributed by atoms with Crippen LogP contribution in [0.15, 0.2) is 60.7 Å². The van der Waals surface area contributed by atoms with Crippen molar-refractivity contribution < 1.29 is 0 Å². The van der Waals surface area contributed by atoms with Crippen LogP contribution in [-0.2, 0) is 0 Å². The standard InChI is InChI=1S/C12H11N.Pb.2H/c1-3-7-11(8-4-1)13-12-9-5-2-6-10-12;;;/h1-10,13H;;;. The van der Waals surface area contributed by atoms with E-state index in [1.807, 2.05) is 60.7 Å². The Balaban J connectivity index is 0.000000980. The second kappa shape index (κ2) is 5.80. The molecule has 0 saturated carbocycles. The van der Waals surface area contributed by atoms with E-state index in [0.29, 0.717) is 0 Å². The van der Waals surface area contributed by atoms with Gasteiger partial charge in [0, 0.05) is 11.4 Å². The van der Waals surface area contributed by atoms with Gasteiger partial charge in [-0.05, 0) is 24.3 Å². The molecule has 2 aromatic carbocycles. The van der Waals surface area contributed by atoms with Crippen molar-refractivity contribution in [3.8, 4) is 0 Å². The molecule has 70 valence electrons. The van der Waals surface area contributed by atoms with Crippen LogP contribution in [0.4, 0.5) is 11.4 Å². The van der Waals surface area contributed by atoms with Gasteiger partial charge in [-0.3, -0.25) is 0 Å². The monoisotopic (exact) mass is 379 g/mol. The Morgan fingerprint density at radius 2 is 0.929 bits per heavy atom. The van der Waals surface area contributed by atoms with E-state index >= 15 is 0 Å². The van der Waals surface area contributed by atoms with Crippen molar-refractivity contribution in [2.24, 2.45) is 0 Å². The molecule has 2 heteroatoms. The van der Waals surface area contributed by atoms with E-state index in [-0.39, 0.29) is 27.3 Å². The van der Waals surface area contributed by atoms with Gasteiger partial charge in [0.25, 0.3) is 0 Å². The summed E-state index contributed by atoms with van der Waals surface area (Å²) in [6, 6.07) is 20.3. The summed E-state index contributed by atoms with van der Waals surface area (Å²) in [7, 11) is 0. The van der Waals surface area contributed by atoms with E-state index in [9.17, 15) is 0 Å². The van der Waals surface area contributed by atoms with E-state index in [2.05, 4.69) is 5.32 Å². The molecule has 0 saturated heterocycles. The Morgan fingerprint density at radius 1 is 0.571 bits per heavy atom. The molecule has 0 aliphatic carbocycles. The van der Waals surface area contributed by atoms with Gasteiger partial charge < -0.3 is 5.32 Å². The number of benzene rings is 2. The normalized spacial score (nSPS) is 8.86. The molecule has 2 rings (SSSR count). The van der Waals surface area contributed by atoms with Crippen LogP contribution in [0.25, 0.3) is 0 Å². The van der Waals surface area contributed by atoms with Gasteiger partial charge in [0.05, 0.1) is 0 Å². The SMILES string of the molecule is [PbH2].c1ccc(Nc2ccccc2)cc1. The molecule has 0 atom stereocenters. The second-order valence-electron chi connectivity index (χ2n) is 2.86. The van der Waals surface area contributed by atoms with Gasteiger partial charge in [-0.2, -0.15) is 0 Å². The maximum absolute atomic E-state index is 3.30. The molecule has 0 bridgehead atoms. The van der Waals surface area contributed by atoms with Crippen molar-refractivity contribution in [3.05, 3.63) is 60.7 Å². The zero-order valence-electron chi connectivity index (χ0n) is 7.98. The van der Waals surface area contributed by atoms with E-state index in [0.717, 1.165) is 11.4 Å².